The molecule has 104 valence electrons. The van der Waals surface area contributed by atoms with Crippen molar-refractivity contribution in [2.24, 2.45) is 0 Å². The number of nitro groups is 1. The largest absolute Gasteiger partial charge is 0.394 e. The number of halogens is 2. The number of non-ortho nitro benzene ring substituents is 1. The fourth-order valence-corrected chi connectivity index (χ4v) is 2.99. The molecule has 1 aromatic rings. The van der Waals surface area contributed by atoms with Crippen LogP contribution in [0.3, 0.4) is 0 Å². The monoisotopic (exact) mass is 304 g/mol. The minimum absolute atomic E-state index is 0.0172. The Morgan fingerprint density at radius 2 is 1.84 bits per heavy atom. The molecular formula is C12H14Cl2N2O3. The normalized spacial score (nSPS) is 17.4. The summed E-state index contributed by atoms with van der Waals surface area (Å²) in [6.07, 6.45) is 3.70. The summed E-state index contributed by atoms with van der Waals surface area (Å²) < 4.78 is 0. The zero-order valence-corrected chi connectivity index (χ0v) is 11.7. The van der Waals surface area contributed by atoms with Crippen LogP contribution in [0.2, 0.25) is 10.0 Å². The zero-order chi connectivity index (χ0) is 14.0. The molecule has 19 heavy (non-hydrogen) atoms. The lowest BCUT2D eigenvalue weighted by Crippen LogP contribution is -2.39. The Morgan fingerprint density at radius 1 is 1.32 bits per heavy atom. The molecule has 0 radical (unpaired) electrons. The van der Waals surface area contributed by atoms with Gasteiger partial charge < -0.3 is 10.4 Å². The summed E-state index contributed by atoms with van der Waals surface area (Å²) in [6, 6.07) is 2.52. The van der Waals surface area contributed by atoms with Crippen LogP contribution in [0.15, 0.2) is 12.1 Å². The van der Waals surface area contributed by atoms with Crippen molar-refractivity contribution in [2.45, 2.75) is 31.2 Å². The maximum Gasteiger partial charge on any atom is 0.272 e. The maximum absolute atomic E-state index is 10.7. The highest BCUT2D eigenvalue weighted by Crippen LogP contribution is 2.40. The van der Waals surface area contributed by atoms with Gasteiger partial charge in [-0.2, -0.15) is 0 Å². The molecule has 0 saturated heterocycles. The summed E-state index contributed by atoms with van der Waals surface area (Å²) in [4.78, 5) is 10.2. The second kappa shape index (κ2) is 5.53. The van der Waals surface area contributed by atoms with Crippen molar-refractivity contribution in [3.8, 4) is 0 Å². The van der Waals surface area contributed by atoms with Crippen molar-refractivity contribution in [1.82, 2.24) is 0 Å². The van der Waals surface area contributed by atoms with E-state index in [0.29, 0.717) is 5.69 Å². The predicted molar refractivity (Wildman–Crippen MR) is 75.0 cm³/mol. The quantitative estimate of drug-likeness (QED) is 0.658. The van der Waals surface area contributed by atoms with Gasteiger partial charge in [0, 0.05) is 12.1 Å². The van der Waals surface area contributed by atoms with Crippen LogP contribution in [0.5, 0.6) is 0 Å². The molecule has 0 unspecified atom stereocenters. The highest BCUT2D eigenvalue weighted by atomic mass is 35.5. The molecule has 2 N–H and O–H groups in total. The molecule has 0 bridgehead atoms. The minimum Gasteiger partial charge on any atom is -0.394 e. The SMILES string of the molecule is O=[N+]([O-])c1cc(Cl)c(NC2(CO)CCCC2)c(Cl)c1. The molecule has 7 heteroatoms. The van der Waals surface area contributed by atoms with Gasteiger partial charge in [0.15, 0.2) is 0 Å². The fourth-order valence-electron chi connectivity index (χ4n) is 2.42. The Morgan fingerprint density at radius 3 is 2.26 bits per heavy atom. The first-order valence-electron chi connectivity index (χ1n) is 6.00. The van der Waals surface area contributed by atoms with Crippen LogP contribution in [0, 0.1) is 10.1 Å². The third kappa shape index (κ3) is 2.94. The Kier molecular flexibility index (Phi) is 4.18. The molecule has 0 aliphatic heterocycles. The highest BCUT2D eigenvalue weighted by Gasteiger charge is 2.34. The van der Waals surface area contributed by atoms with Crippen molar-refractivity contribution >= 4 is 34.6 Å². The lowest BCUT2D eigenvalue weighted by Gasteiger charge is -2.30. The molecular weight excluding hydrogens is 291 g/mol. The van der Waals surface area contributed by atoms with Gasteiger partial charge in [0.25, 0.3) is 5.69 Å². The Bertz CT molecular complexity index is 479. The molecule has 0 atom stereocenters. The molecule has 1 aliphatic carbocycles. The van der Waals surface area contributed by atoms with E-state index in [1.807, 2.05) is 0 Å². The Labute approximate surface area is 120 Å². The topological polar surface area (TPSA) is 75.4 Å². The molecule has 5 nitrogen and oxygen atoms in total. The first kappa shape index (κ1) is 14.4. The van der Waals surface area contributed by atoms with Gasteiger partial charge in [-0.05, 0) is 12.8 Å². The summed E-state index contributed by atoms with van der Waals surface area (Å²) in [5.41, 5.74) is -0.126. The average molecular weight is 305 g/mol. The first-order chi connectivity index (χ1) is 8.97. The van der Waals surface area contributed by atoms with Crippen LogP contribution in [0.25, 0.3) is 0 Å². The van der Waals surface area contributed by atoms with Gasteiger partial charge in [-0.25, -0.2) is 0 Å². The second-order valence-electron chi connectivity index (χ2n) is 4.81. The molecule has 1 aromatic carbocycles. The van der Waals surface area contributed by atoms with Gasteiger partial charge in [0.1, 0.15) is 0 Å². The summed E-state index contributed by atoms with van der Waals surface area (Å²) in [5.74, 6) is 0. The Hall–Kier alpha value is -1.04. The van der Waals surface area contributed by atoms with Gasteiger partial charge in [0.05, 0.1) is 32.8 Å². The zero-order valence-electron chi connectivity index (χ0n) is 10.2. The lowest BCUT2D eigenvalue weighted by atomic mass is 9.98. The van der Waals surface area contributed by atoms with Crippen LogP contribution in [-0.4, -0.2) is 22.2 Å². The number of aliphatic hydroxyl groups excluding tert-OH is 1. The van der Waals surface area contributed by atoms with E-state index in [1.54, 1.807) is 0 Å². The van der Waals surface area contributed by atoms with Gasteiger partial charge in [-0.3, -0.25) is 10.1 Å². The number of anilines is 1. The second-order valence-corrected chi connectivity index (χ2v) is 5.63. The maximum atomic E-state index is 10.7. The number of rotatable bonds is 4. The van der Waals surface area contributed by atoms with E-state index in [1.165, 1.54) is 12.1 Å². The first-order valence-corrected chi connectivity index (χ1v) is 6.75. The van der Waals surface area contributed by atoms with Gasteiger partial charge in [-0.1, -0.05) is 36.0 Å². The van der Waals surface area contributed by atoms with E-state index >= 15 is 0 Å². The fraction of sp³-hybridized carbons (Fsp3) is 0.500. The number of hydrogen-bond acceptors (Lipinski definition) is 4. The third-order valence-electron chi connectivity index (χ3n) is 3.49. The number of nitro benzene ring substituents is 1. The molecule has 0 spiro atoms. The summed E-state index contributed by atoms with van der Waals surface area (Å²) in [7, 11) is 0. The van der Waals surface area contributed by atoms with Crippen LogP contribution in [0.4, 0.5) is 11.4 Å². The van der Waals surface area contributed by atoms with E-state index in [2.05, 4.69) is 5.32 Å². The highest BCUT2D eigenvalue weighted by molar-refractivity contribution is 6.39. The minimum atomic E-state index is -0.543. The summed E-state index contributed by atoms with van der Waals surface area (Å²) in [6.45, 7) is -0.0172. The number of nitrogens with one attached hydrogen (secondary N) is 1. The lowest BCUT2D eigenvalue weighted by molar-refractivity contribution is -0.384. The average Bonchev–Trinajstić information content (AvgIpc) is 2.83. The van der Waals surface area contributed by atoms with E-state index in [-0.39, 0.29) is 22.3 Å². The van der Waals surface area contributed by atoms with Crippen LogP contribution < -0.4 is 5.32 Å². The van der Waals surface area contributed by atoms with Crippen molar-refractivity contribution in [2.75, 3.05) is 11.9 Å². The summed E-state index contributed by atoms with van der Waals surface area (Å²) in [5, 5.41) is 23.8. The number of nitrogens with zero attached hydrogens (tertiary/aromatic N) is 1. The van der Waals surface area contributed by atoms with Crippen molar-refractivity contribution in [3.63, 3.8) is 0 Å². The van der Waals surface area contributed by atoms with E-state index < -0.39 is 10.5 Å². The van der Waals surface area contributed by atoms with E-state index in [0.717, 1.165) is 25.7 Å². The van der Waals surface area contributed by atoms with Crippen LogP contribution in [0.1, 0.15) is 25.7 Å². The molecule has 1 fully saturated rings. The van der Waals surface area contributed by atoms with Gasteiger partial charge >= 0.3 is 0 Å². The van der Waals surface area contributed by atoms with E-state index in [4.69, 9.17) is 23.2 Å². The molecule has 2 rings (SSSR count). The van der Waals surface area contributed by atoms with E-state index in [9.17, 15) is 15.2 Å². The van der Waals surface area contributed by atoms with Crippen LogP contribution in [-0.2, 0) is 0 Å². The summed E-state index contributed by atoms with van der Waals surface area (Å²) >= 11 is 12.1. The molecule has 0 aromatic heterocycles. The van der Waals surface area contributed by atoms with Gasteiger partial charge in [-0.15, -0.1) is 0 Å². The van der Waals surface area contributed by atoms with Crippen molar-refractivity contribution < 1.29 is 10.0 Å². The molecule has 0 heterocycles. The van der Waals surface area contributed by atoms with Crippen LogP contribution >= 0.6 is 23.2 Å². The predicted octanol–water partition coefficient (Wildman–Crippen LogP) is 3.62. The molecule has 0 amide bonds. The molecule has 1 aliphatic rings. The van der Waals surface area contributed by atoms with Crippen molar-refractivity contribution in [3.05, 3.63) is 32.3 Å². The standard InChI is InChI=1S/C12H14Cl2N2O3/c13-9-5-8(16(18)19)6-10(14)11(9)15-12(7-17)3-1-2-4-12/h5-6,15,17H,1-4,7H2. The smallest absolute Gasteiger partial charge is 0.272 e. The Balaban J connectivity index is 2.32. The molecule has 1 saturated carbocycles. The number of benzene rings is 1. The third-order valence-corrected chi connectivity index (χ3v) is 4.09. The van der Waals surface area contributed by atoms with Gasteiger partial charge in [0.2, 0.25) is 0 Å². The number of aliphatic hydroxyl groups is 1. The van der Waals surface area contributed by atoms with Crippen molar-refractivity contribution in [1.29, 1.82) is 0 Å². The number of hydrogen-bond donors (Lipinski definition) is 2.